The molecule has 0 unspecified atom stereocenters. The maximum absolute atomic E-state index is 13.0. The lowest BCUT2D eigenvalue weighted by Crippen LogP contribution is -2.58. The summed E-state index contributed by atoms with van der Waals surface area (Å²) in [7, 11) is 0. The van der Waals surface area contributed by atoms with E-state index >= 15 is 0 Å². The predicted molar refractivity (Wildman–Crippen MR) is 117 cm³/mol. The summed E-state index contributed by atoms with van der Waals surface area (Å²) in [6, 6.07) is 0. The summed E-state index contributed by atoms with van der Waals surface area (Å²) in [6.07, 6.45) is 7.69. The van der Waals surface area contributed by atoms with Crippen LogP contribution in [-0.2, 0) is 23.9 Å². The van der Waals surface area contributed by atoms with Crippen molar-refractivity contribution in [3.63, 3.8) is 0 Å². The standard InChI is InChI=1S/C26H34O5/c1-7-30-23-14-19-20(24(5)10-8-18(29)13-22(23)24)9-11-25(6)21(19)12-15(2)26(25,16(3)27)31-17(4)28/h13-14,19-21H,2,7-12H2,1,3-6H3/t19-,20+,21+,24-,25+,26+/m1/s1. The zero-order valence-corrected chi connectivity index (χ0v) is 19.4. The van der Waals surface area contributed by atoms with E-state index in [1.54, 1.807) is 6.08 Å². The van der Waals surface area contributed by atoms with E-state index in [1.165, 1.54) is 13.8 Å². The second kappa shape index (κ2) is 7.18. The second-order valence-electron chi connectivity index (χ2n) is 10.3. The van der Waals surface area contributed by atoms with Crippen LogP contribution >= 0.6 is 0 Å². The summed E-state index contributed by atoms with van der Waals surface area (Å²) < 4.78 is 11.9. The van der Waals surface area contributed by atoms with Gasteiger partial charge in [-0.1, -0.05) is 20.4 Å². The van der Waals surface area contributed by atoms with Crippen molar-refractivity contribution >= 4 is 17.5 Å². The van der Waals surface area contributed by atoms with Crippen LogP contribution in [0.2, 0.25) is 0 Å². The van der Waals surface area contributed by atoms with Gasteiger partial charge in [-0.25, -0.2) is 0 Å². The molecule has 2 saturated carbocycles. The molecule has 4 rings (SSSR count). The van der Waals surface area contributed by atoms with Crippen molar-refractivity contribution in [2.24, 2.45) is 28.6 Å². The second-order valence-corrected chi connectivity index (χ2v) is 10.3. The van der Waals surface area contributed by atoms with E-state index in [1.807, 2.05) is 6.92 Å². The molecule has 4 aliphatic carbocycles. The minimum atomic E-state index is -1.27. The zero-order valence-electron chi connectivity index (χ0n) is 19.4. The van der Waals surface area contributed by atoms with Gasteiger partial charge in [0.2, 0.25) is 0 Å². The first-order valence-electron chi connectivity index (χ1n) is 11.5. The zero-order chi connectivity index (χ0) is 22.8. The molecule has 0 aromatic heterocycles. The van der Waals surface area contributed by atoms with Crippen LogP contribution in [0.5, 0.6) is 0 Å². The molecule has 0 bridgehead atoms. The number of ether oxygens (including phenoxy) is 2. The molecule has 0 amide bonds. The average molecular weight is 427 g/mol. The van der Waals surface area contributed by atoms with Gasteiger partial charge in [0.25, 0.3) is 0 Å². The number of carbonyl (C=O) groups excluding carboxylic acids is 3. The highest BCUT2D eigenvalue weighted by molar-refractivity contribution is 5.93. The minimum absolute atomic E-state index is 0.119. The quantitative estimate of drug-likeness (QED) is 0.481. The summed E-state index contributed by atoms with van der Waals surface area (Å²) >= 11 is 0. The molecule has 168 valence electrons. The van der Waals surface area contributed by atoms with E-state index in [-0.39, 0.29) is 28.8 Å². The SMILES string of the molecule is C=C1C[C@H]2[C@@H]3C=C(OCC)C4=CC(=O)CC[C@]4(C)[C@H]3CC[C@]2(C)[C@@]1(OC(C)=O)C(C)=O. The van der Waals surface area contributed by atoms with Crippen molar-refractivity contribution in [3.05, 3.63) is 35.6 Å². The highest BCUT2D eigenvalue weighted by atomic mass is 16.6. The van der Waals surface area contributed by atoms with Crippen LogP contribution in [0.4, 0.5) is 0 Å². The molecule has 0 aliphatic heterocycles. The van der Waals surface area contributed by atoms with Crippen LogP contribution < -0.4 is 0 Å². The van der Waals surface area contributed by atoms with Gasteiger partial charge in [-0.2, -0.15) is 0 Å². The van der Waals surface area contributed by atoms with Crippen LogP contribution in [0, 0.1) is 28.6 Å². The van der Waals surface area contributed by atoms with Crippen molar-refractivity contribution < 1.29 is 23.9 Å². The van der Waals surface area contributed by atoms with Crippen molar-refractivity contribution in [2.45, 2.75) is 72.3 Å². The largest absolute Gasteiger partial charge is 0.494 e. The summed E-state index contributed by atoms with van der Waals surface area (Å²) in [4.78, 5) is 37.3. The monoisotopic (exact) mass is 426 g/mol. The molecule has 0 aromatic carbocycles. The maximum Gasteiger partial charge on any atom is 0.303 e. The highest BCUT2D eigenvalue weighted by Gasteiger charge is 2.69. The fourth-order valence-electron chi connectivity index (χ4n) is 7.45. The van der Waals surface area contributed by atoms with E-state index in [9.17, 15) is 14.4 Å². The van der Waals surface area contributed by atoms with Crippen molar-refractivity contribution in [1.29, 1.82) is 0 Å². The average Bonchev–Trinajstić information content (AvgIpc) is 2.91. The molecule has 0 radical (unpaired) electrons. The third kappa shape index (κ3) is 2.84. The molecule has 4 aliphatic rings. The fourth-order valence-corrected chi connectivity index (χ4v) is 7.45. The van der Waals surface area contributed by atoms with E-state index in [0.717, 1.165) is 30.6 Å². The summed E-state index contributed by atoms with van der Waals surface area (Å²) in [5.74, 6) is 1.02. The number of ketones is 2. The van der Waals surface area contributed by atoms with Crippen LogP contribution in [0.3, 0.4) is 0 Å². The number of fused-ring (bicyclic) bond motifs is 5. The Morgan fingerprint density at radius 3 is 2.52 bits per heavy atom. The number of esters is 1. The molecule has 5 heteroatoms. The molecular weight excluding hydrogens is 392 g/mol. The van der Waals surface area contributed by atoms with Gasteiger partial charge in [-0.05, 0) is 75.0 Å². The van der Waals surface area contributed by atoms with Gasteiger partial charge < -0.3 is 9.47 Å². The normalized spacial score (nSPS) is 41.4. The van der Waals surface area contributed by atoms with Gasteiger partial charge in [0.15, 0.2) is 17.2 Å². The van der Waals surface area contributed by atoms with E-state index in [4.69, 9.17) is 9.47 Å². The summed E-state index contributed by atoms with van der Waals surface area (Å²) in [5.41, 5.74) is -0.180. The lowest BCUT2D eigenvalue weighted by atomic mass is 9.47. The molecule has 0 N–H and O–H groups in total. The van der Waals surface area contributed by atoms with E-state index < -0.39 is 17.0 Å². The van der Waals surface area contributed by atoms with Crippen molar-refractivity contribution in [1.82, 2.24) is 0 Å². The third-order valence-electron chi connectivity index (χ3n) is 8.82. The lowest BCUT2D eigenvalue weighted by molar-refractivity contribution is -0.179. The van der Waals surface area contributed by atoms with Crippen molar-refractivity contribution in [2.75, 3.05) is 6.61 Å². The first-order valence-corrected chi connectivity index (χ1v) is 11.5. The van der Waals surface area contributed by atoms with Crippen LogP contribution in [0.15, 0.2) is 35.6 Å². The summed E-state index contributed by atoms with van der Waals surface area (Å²) in [5, 5.41) is 0. The first-order chi connectivity index (χ1) is 14.5. The van der Waals surface area contributed by atoms with Crippen LogP contribution in [-0.4, -0.2) is 29.7 Å². The smallest absolute Gasteiger partial charge is 0.303 e. The molecule has 6 atom stereocenters. The third-order valence-corrected chi connectivity index (χ3v) is 8.82. The fraction of sp³-hybridized carbons (Fsp3) is 0.654. The van der Waals surface area contributed by atoms with Gasteiger partial charge >= 0.3 is 5.97 Å². The Kier molecular flexibility index (Phi) is 5.10. The van der Waals surface area contributed by atoms with Gasteiger partial charge in [-0.3, -0.25) is 14.4 Å². The van der Waals surface area contributed by atoms with E-state index in [2.05, 4.69) is 26.5 Å². The molecule has 0 saturated heterocycles. The highest BCUT2D eigenvalue weighted by Crippen LogP contribution is 2.68. The van der Waals surface area contributed by atoms with Crippen LogP contribution in [0.25, 0.3) is 0 Å². The predicted octanol–water partition coefficient (Wildman–Crippen LogP) is 4.72. The topological polar surface area (TPSA) is 69.7 Å². The number of rotatable bonds is 4. The van der Waals surface area contributed by atoms with Gasteiger partial charge in [-0.15, -0.1) is 0 Å². The van der Waals surface area contributed by atoms with Crippen molar-refractivity contribution in [3.8, 4) is 0 Å². The number of hydrogen-bond acceptors (Lipinski definition) is 5. The molecule has 31 heavy (non-hydrogen) atoms. The molecule has 5 nitrogen and oxygen atoms in total. The number of allylic oxidation sites excluding steroid dienone is 3. The molecular formula is C26H34O5. The van der Waals surface area contributed by atoms with Gasteiger partial charge in [0, 0.05) is 29.7 Å². The Labute approximate surface area is 184 Å². The lowest BCUT2D eigenvalue weighted by Gasteiger charge is -2.57. The Morgan fingerprint density at radius 2 is 1.90 bits per heavy atom. The van der Waals surface area contributed by atoms with Gasteiger partial charge in [0.1, 0.15) is 5.76 Å². The number of Topliss-reactive ketones (excluding diaryl/α,β-unsaturated/α-hetero) is 1. The Balaban J connectivity index is 1.86. The minimum Gasteiger partial charge on any atom is -0.494 e. The molecule has 0 spiro atoms. The van der Waals surface area contributed by atoms with Gasteiger partial charge in [0.05, 0.1) is 6.61 Å². The van der Waals surface area contributed by atoms with E-state index in [0.29, 0.717) is 30.9 Å². The molecule has 0 heterocycles. The molecule has 0 aromatic rings. The maximum atomic E-state index is 13.0. The number of hydrogen-bond donors (Lipinski definition) is 0. The Hall–Kier alpha value is -2.17. The Morgan fingerprint density at radius 1 is 1.19 bits per heavy atom. The Bertz CT molecular complexity index is 926. The summed E-state index contributed by atoms with van der Waals surface area (Å²) in [6.45, 7) is 14.0. The number of carbonyl (C=O) groups is 3. The first kappa shape index (κ1) is 22.0. The van der Waals surface area contributed by atoms with Crippen LogP contribution in [0.1, 0.15) is 66.7 Å². The molecule has 2 fully saturated rings.